The van der Waals surface area contributed by atoms with Gasteiger partial charge in [-0.15, -0.1) is 0 Å². The highest BCUT2D eigenvalue weighted by atomic mass is 32.1. The Hall–Kier alpha value is -3.92. The van der Waals surface area contributed by atoms with Crippen LogP contribution in [-0.2, 0) is 6.18 Å². The fraction of sp³-hybridized carbons (Fsp3) is 0.0455. The van der Waals surface area contributed by atoms with Crippen molar-refractivity contribution in [2.45, 2.75) is 6.18 Å². The Labute approximate surface area is 184 Å². The number of carboxylic acid groups (broad SMARTS) is 1. The van der Waals surface area contributed by atoms with Crippen molar-refractivity contribution in [1.29, 1.82) is 0 Å². The van der Waals surface area contributed by atoms with E-state index in [1.807, 2.05) is 0 Å². The van der Waals surface area contributed by atoms with Gasteiger partial charge in [-0.05, 0) is 24.3 Å². The molecule has 2 aromatic carbocycles. The van der Waals surface area contributed by atoms with Crippen molar-refractivity contribution in [1.82, 2.24) is 9.97 Å². The summed E-state index contributed by atoms with van der Waals surface area (Å²) in [5.74, 6) is -0.504. The van der Waals surface area contributed by atoms with Crippen molar-refractivity contribution in [3.8, 4) is 22.1 Å². The van der Waals surface area contributed by atoms with E-state index in [2.05, 4.69) is 15.3 Å². The van der Waals surface area contributed by atoms with Crippen molar-refractivity contribution >= 4 is 28.8 Å². The van der Waals surface area contributed by atoms with Crippen molar-refractivity contribution in [3.05, 3.63) is 83.5 Å². The van der Waals surface area contributed by atoms with Gasteiger partial charge in [-0.1, -0.05) is 47.7 Å². The van der Waals surface area contributed by atoms with Gasteiger partial charge in [0.15, 0.2) is 0 Å². The maximum Gasteiger partial charge on any atom is 0.443 e. The van der Waals surface area contributed by atoms with E-state index in [4.69, 9.17) is 9.84 Å². The number of ether oxygens (including phenoxy) is 1. The first-order chi connectivity index (χ1) is 15.3. The van der Waals surface area contributed by atoms with E-state index in [1.165, 1.54) is 30.5 Å². The molecule has 0 aliphatic rings. The molecule has 0 saturated carbocycles. The summed E-state index contributed by atoms with van der Waals surface area (Å²) in [5, 5.41) is 11.1. The van der Waals surface area contributed by atoms with E-state index in [1.54, 1.807) is 42.5 Å². The molecule has 32 heavy (non-hydrogen) atoms. The number of rotatable bonds is 6. The summed E-state index contributed by atoms with van der Waals surface area (Å²) in [6.07, 6.45) is -3.18. The van der Waals surface area contributed by atoms with Gasteiger partial charge in [-0.25, -0.2) is 14.8 Å². The molecule has 2 heterocycles. The number of benzene rings is 2. The SMILES string of the molecule is O=C(O)c1cccc(Nc2cc(Oc3sc(C(F)(F)F)nc3-c3ccccc3)ccn2)c1. The number of thiazole rings is 1. The molecule has 0 atom stereocenters. The molecule has 2 N–H and O–H groups in total. The smallest absolute Gasteiger partial charge is 0.443 e. The number of carbonyl (C=O) groups is 1. The summed E-state index contributed by atoms with van der Waals surface area (Å²) in [7, 11) is 0. The van der Waals surface area contributed by atoms with Crippen LogP contribution in [0.4, 0.5) is 24.7 Å². The van der Waals surface area contributed by atoms with Gasteiger partial charge < -0.3 is 15.2 Å². The normalized spacial score (nSPS) is 11.2. The van der Waals surface area contributed by atoms with Crippen LogP contribution >= 0.6 is 11.3 Å². The topological polar surface area (TPSA) is 84.3 Å². The summed E-state index contributed by atoms with van der Waals surface area (Å²) < 4.78 is 45.5. The minimum atomic E-state index is -4.60. The number of nitrogens with zero attached hydrogens (tertiary/aromatic N) is 2. The van der Waals surface area contributed by atoms with E-state index in [0.29, 0.717) is 28.4 Å². The summed E-state index contributed by atoms with van der Waals surface area (Å²) in [4.78, 5) is 19.0. The Morgan fingerprint density at radius 2 is 1.81 bits per heavy atom. The Balaban J connectivity index is 1.63. The summed E-state index contributed by atoms with van der Waals surface area (Å²) >= 11 is 0.407. The quantitative estimate of drug-likeness (QED) is 0.346. The maximum absolute atomic E-state index is 13.3. The fourth-order valence-corrected chi connectivity index (χ4v) is 3.63. The van der Waals surface area contributed by atoms with Gasteiger partial charge in [0.1, 0.15) is 17.3 Å². The molecule has 162 valence electrons. The molecule has 4 rings (SSSR count). The van der Waals surface area contributed by atoms with Gasteiger partial charge in [0.05, 0.1) is 5.56 Å². The van der Waals surface area contributed by atoms with Crippen LogP contribution < -0.4 is 10.1 Å². The third kappa shape index (κ3) is 4.86. The first-order valence-corrected chi connectivity index (χ1v) is 9.99. The standard InChI is InChI=1S/C22H14F3N3O3S/c23-22(24,25)21-28-18(13-5-2-1-3-6-13)20(32-21)31-16-9-10-26-17(12-16)27-15-8-4-7-14(11-15)19(29)30/h1-12H,(H,26,27)(H,29,30). The minimum Gasteiger partial charge on any atom is -0.478 e. The van der Waals surface area contributed by atoms with E-state index in [9.17, 15) is 18.0 Å². The van der Waals surface area contributed by atoms with Crippen LogP contribution in [0.5, 0.6) is 10.8 Å². The van der Waals surface area contributed by atoms with Crippen molar-refractivity contribution < 1.29 is 27.8 Å². The average Bonchev–Trinajstić information content (AvgIpc) is 3.19. The lowest BCUT2D eigenvalue weighted by Gasteiger charge is -2.09. The third-order valence-corrected chi connectivity index (χ3v) is 5.19. The van der Waals surface area contributed by atoms with E-state index >= 15 is 0 Å². The van der Waals surface area contributed by atoms with Crippen molar-refractivity contribution in [3.63, 3.8) is 0 Å². The van der Waals surface area contributed by atoms with Crippen LogP contribution in [0.3, 0.4) is 0 Å². The number of alkyl halides is 3. The number of nitrogens with one attached hydrogen (secondary N) is 1. The molecule has 0 radical (unpaired) electrons. The highest BCUT2D eigenvalue weighted by molar-refractivity contribution is 7.14. The second-order valence-electron chi connectivity index (χ2n) is 6.51. The van der Waals surface area contributed by atoms with Crippen LogP contribution in [0.2, 0.25) is 0 Å². The zero-order valence-electron chi connectivity index (χ0n) is 16.1. The Morgan fingerprint density at radius 3 is 2.53 bits per heavy atom. The molecular weight excluding hydrogens is 443 g/mol. The molecule has 0 aliphatic carbocycles. The monoisotopic (exact) mass is 457 g/mol. The van der Waals surface area contributed by atoms with Gasteiger partial charge in [-0.3, -0.25) is 0 Å². The molecule has 0 spiro atoms. The van der Waals surface area contributed by atoms with Gasteiger partial charge in [-0.2, -0.15) is 13.2 Å². The lowest BCUT2D eigenvalue weighted by Crippen LogP contribution is -2.03. The number of hydrogen-bond donors (Lipinski definition) is 2. The number of carboxylic acids is 1. The van der Waals surface area contributed by atoms with Crippen LogP contribution in [0, 0.1) is 0 Å². The van der Waals surface area contributed by atoms with Crippen molar-refractivity contribution in [2.24, 2.45) is 0 Å². The molecule has 0 amide bonds. The molecule has 0 unspecified atom stereocenters. The first-order valence-electron chi connectivity index (χ1n) is 9.17. The molecule has 0 saturated heterocycles. The largest absolute Gasteiger partial charge is 0.478 e. The van der Waals surface area contributed by atoms with Crippen LogP contribution in [0.25, 0.3) is 11.3 Å². The zero-order valence-corrected chi connectivity index (χ0v) is 16.9. The maximum atomic E-state index is 13.3. The number of anilines is 2. The lowest BCUT2D eigenvalue weighted by atomic mass is 10.2. The second kappa shape index (κ2) is 8.67. The van der Waals surface area contributed by atoms with Gasteiger partial charge in [0.2, 0.25) is 10.1 Å². The van der Waals surface area contributed by atoms with E-state index in [0.717, 1.165) is 0 Å². The molecule has 0 fully saturated rings. The summed E-state index contributed by atoms with van der Waals surface area (Å²) in [5.41, 5.74) is 1.16. The third-order valence-electron chi connectivity index (χ3n) is 4.21. The van der Waals surface area contributed by atoms with Crippen molar-refractivity contribution in [2.75, 3.05) is 5.32 Å². The lowest BCUT2D eigenvalue weighted by molar-refractivity contribution is -0.137. The number of pyridine rings is 1. The summed E-state index contributed by atoms with van der Waals surface area (Å²) in [6, 6.07) is 17.6. The predicted molar refractivity (Wildman–Crippen MR) is 114 cm³/mol. The molecule has 10 heteroatoms. The molecule has 4 aromatic rings. The predicted octanol–water partition coefficient (Wildman–Crippen LogP) is 6.46. The fourth-order valence-electron chi connectivity index (χ4n) is 2.80. The van der Waals surface area contributed by atoms with Crippen LogP contribution in [0.1, 0.15) is 15.4 Å². The second-order valence-corrected chi connectivity index (χ2v) is 7.47. The Bertz CT molecular complexity index is 1260. The Morgan fingerprint density at radius 1 is 1.03 bits per heavy atom. The highest BCUT2D eigenvalue weighted by Gasteiger charge is 2.37. The number of halogens is 3. The van der Waals surface area contributed by atoms with Gasteiger partial charge in [0, 0.05) is 23.5 Å². The van der Waals surface area contributed by atoms with Gasteiger partial charge in [0.25, 0.3) is 0 Å². The zero-order chi connectivity index (χ0) is 22.7. The molecule has 0 bridgehead atoms. The summed E-state index contributed by atoms with van der Waals surface area (Å²) in [6.45, 7) is 0. The van der Waals surface area contributed by atoms with E-state index < -0.39 is 17.2 Å². The molecule has 6 nitrogen and oxygen atoms in total. The number of hydrogen-bond acceptors (Lipinski definition) is 6. The average molecular weight is 457 g/mol. The molecular formula is C22H14F3N3O3S. The van der Waals surface area contributed by atoms with E-state index in [-0.39, 0.29) is 22.1 Å². The van der Waals surface area contributed by atoms with Crippen LogP contribution in [0.15, 0.2) is 72.9 Å². The molecule has 0 aliphatic heterocycles. The van der Waals surface area contributed by atoms with Gasteiger partial charge >= 0.3 is 12.1 Å². The molecule has 2 aromatic heterocycles. The first kappa shape index (κ1) is 21.3. The number of aromatic carboxylic acids is 1. The highest BCUT2D eigenvalue weighted by Crippen LogP contribution is 2.44. The minimum absolute atomic E-state index is 0.00597. The Kier molecular flexibility index (Phi) is 5.78. The number of aromatic nitrogens is 2. The van der Waals surface area contributed by atoms with Crippen LogP contribution in [-0.4, -0.2) is 21.0 Å².